The predicted molar refractivity (Wildman–Crippen MR) is 199 cm³/mol. The molecule has 2 bridgehead atoms. The Labute approximate surface area is 297 Å². The zero-order valence-electron chi connectivity index (χ0n) is 29.4. The van der Waals surface area contributed by atoms with Crippen LogP contribution in [0, 0.1) is 17.8 Å². The molecule has 1 saturated carbocycles. The summed E-state index contributed by atoms with van der Waals surface area (Å²) in [4.78, 5) is 31.3. The molecule has 6 rings (SSSR count). The summed E-state index contributed by atoms with van der Waals surface area (Å²) in [5, 5.41) is 12.8. The van der Waals surface area contributed by atoms with E-state index >= 15 is 0 Å². The highest BCUT2D eigenvalue weighted by Gasteiger charge is 2.49. The zero-order chi connectivity index (χ0) is 35.1. The maximum absolute atomic E-state index is 13.9. The standard InChI is InChI=1S/C39H52ClN3O5S/c1-6-42(7-2)36(44)22-39(46)19-8-10-26(3)27(4)49(5,47)41-37(45)29-13-17-35-34(21-29)43(23-30-12-15-33(30)39)24-38(25-48-35)18-9-11-28-20-31(40)14-16-32(28)38/h8,13-14,16-17,19-21,26-27,30,33,46H,5-7,9-12,15,18,22-25H2,1-4H3,(H,41,45,47)/b19-8+/t26-,27+,30-,33+,38-,39-,49?/m0/s1. The molecule has 2 aromatic carbocycles. The molecule has 2 N–H and O–H groups in total. The molecule has 10 heteroatoms. The number of carbonyl (C=O) groups is 2. The van der Waals surface area contributed by atoms with Crippen LogP contribution in [0.4, 0.5) is 5.69 Å². The van der Waals surface area contributed by atoms with Gasteiger partial charge in [0.15, 0.2) is 0 Å². The minimum Gasteiger partial charge on any atom is -0.490 e. The van der Waals surface area contributed by atoms with Crippen LogP contribution < -0.4 is 14.4 Å². The number of aryl methyl sites for hydroxylation is 1. The molecule has 2 aromatic rings. The predicted octanol–water partition coefficient (Wildman–Crippen LogP) is 6.17. The van der Waals surface area contributed by atoms with Crippen LogP contribution in [0.15, 0.2) is 48.6 Å². The zero-order valence-corrected chi connectivity index (χ0v) is 31.0. The molecule has 2 aliphatic heterocycles. The number of nitrogens with one attached hydrogen (secondary N) is 1. The van der Waals surface area contributed by atoms with Gasteiger partial charge in [0.25, 0.3) is 5.91 Å². The van der Waals surface area contributed by atoms with Crippen LogP contribution in [0.1, 0.15) is 87.7 Å². The first-order chi connectivity index (χ1) is 23.3. The van der Waals surface area contributed by atoms with Gasteiger partial charge >= 0.3 is 0 Å². The van der Waals surface area contributed by atoms with Crippen LogP contribution in [0.25, 0.3) is 0 Å². The molecule has 49 heavy (non-hydrogen) atoms. The summed E-state index contributed by atoms with van der Waals surface area (Å²) in [6.07, 6.45) is 8.95. The number of carbonyl (C=O) groups excluding carboxylic acids is 2. The molecule has 4 aliphatic rings. The van der Waals surface area contributed by atoms with E-state index in [0.29, 0.717) is 50.5 Å². The number of hydrogen-bond donors (Lipinski definition) is 2. The van der Waals surface area contributed by atoms with Gasteiger partial charge in [-0.25, -0.2) is 4.21 Å². The molecule has 1 unspecified atom stereocenters. The second-order valence-electron chi connectivity index (χ2n) is 14.9. The number of benzene rings is 2. The average Bonchev–Trinajstić information content (AvgIpc) is 3.19. The Morgan fingerprint density at radius 1 is 1.18 bits per heavy atom. The van der Waals surface area contributed by atoms with Gasteiger partial charge in [-0.1, -0.05) is 36.7 Å². The molecule has 0 saturated heterocycles. The maximum Gasteiger partial charge on any atom is 0.262 e. The Morgan fingerprint density at radius 3 is 2.67 bits per heavy atom. The molecular weight excluding hydrogens is 658 g/mol. The van der Waals surface area contributed by atoms with Gasteiger partial charge in [0.1, 0.15) is 5.75 Å². The maximum atomic E-state index is 13.9. The third-order valence-electron chi connectivity index (χ3n) is 11.9. The number of anilines is 1. The summed E-state index contributed by atoms with van der Waals surface area (Å²) in [7, 11) is -3.02. The number of aliphatic hydroxyl groups is 1. The summed E-state index contributed by atoms with van der Waals surface area (Å²) in [5.74, 6) is 4.06. The first-order valence-corrected chi connectivity index (χ1v) is 20.1. The highest BCUT2D eigenvalue weighted by atomic mass is 35.5. The number of hydrogen-bond acceptors (Lipinski definition) is 6. The molecule has 8 nitrogen and oxygen atoms in total. The van der Waals surface area contributed by atoms with E-state index in [1.54, 1.807) is 11.0 Å². The Balaban J connectivity index is 1.44. The van der Waals surface area contributed by atoms with Crippen molar-refractivity contribution in [1.29, 1.82) is 0 Å². The lowest BCUT2D eigenvalue weighted by Gasteiger charge is -2.49. The number of ether oxygens (including phenoxy) is 1. The second-order valence-corrected chi connectivity index (χ2v) is 17.8. The van der Waals surface area contributed by atoms with Crippen molar-refractivity contribution in [2.45, 2.75) is 88.9 Å². The van der Waals surface area contributed by atoms with E-state index < -0.39 is 26.5 Å². The van der Waals surface area contributed by atoms with Crippen molar-refractivity contribution in [2.24, 2.45) is 17.8 Å². The second kappa shape index (κ2) is 14.0. The number of rotatable bonds is 4. The van der Waals surface area contributed by atoms with E-state index in [0.717, 1.165) is 42.8 Å². The number of nitrogens with zero attached hydrogens (tertiary/aromatic N) is 2. The third-order valence-corrected chi connectivity index (χ3v) is 14.4. The summed E-state index contributed by atoms with van der Waals surface area (Å²) >= 11 is 6.46. The van der Waals surface area contributed by atoms with Crippen molar-refractivity contribution >= 4 is 44.7 Å². The fraction of sp³-hybridized carbons (Fsp3) is 0.564. The van der Waals surface area contributed by atoms with Crippen LogP contribution in [-0.2, 0) is 26.3 Å². The van der Waals surface area contributed by atoms with Crippen LogP contribution >= 0.6 is 11.6 Å². The minimum atomic E-state index is -3.02. The molecule has 2 heterocycles. The van der Waals surface area contributed by atoms with E-state index in [2.05, 4.69) is 27.6 Å². The van der Waals surface area contributed by atoms with Crippen molar-refractivity contribution < 1.29 is 23.6 Å². The lowest BCUT2D eigenvalue weighted by atomic mass is 9.63. The lowest BCUT2D eigenvalue weighted by Crippen LogP contribution is -2.53. The van der Waals surface area contributed by atoms with Crippen LogP contribution in [0.2, 0.25) is 5.02 Å². The first-order valence-electron chi connectivity index (χ1n) is 18.0. The highest BCUT2D eigenvalue weighted by molar-refractivity contribution is 7.99. The molecule has 0 radical (unpaired) electrons. The van der Waals surface area contributed by atoms with Gasteiger partial charge in [-0.05, 0) is 124 Å². The summed E-state index contributed by atoms with van der Waals surface area (Å²) < 4.78 is 23.3. The first kappa shape index (κ1) is 35.8. The number of amides is 2. The van der Waals surface area contributed by atoms with E-state index in [1.165, 1.54) is 11.1 Å². The number of halogens is 1. The summed E-state index contributed by atoms with van der Waals surface area (Å²) in [6, 6.07) is 11.6. The molecule has 1 fully saturated rings. The Kier molecular flexibility index (Phi) is 10.2. The normalized spacial score (nSPS) is 33.6. The van der Waals surface area contributed by atoms with Crippen molar-refractivity contribution in [3.63, 3.8) is 0 Å². The topological polar surface area (TPSA) is 99.2 Å². The Hall–Kier alpha value is -3.01. The smallest absolute Gasteiger partial charge is 0.262 e. The minimum absolute atomic E-state index is 0.0142. The summed E-state index contributed by atoms with van der Waals surface area (Å²) in [5.41, 5.74) is 2.05. The van der Waals surface area contributed by atoms with Crippen molar-refractivity contribution in [3.8, 4) is 5.75 Å². The van der Waals surface area contributed by atoms with Gasteiger partial charge in [0, 0.05) is 47.4 Å². The van der Waals surface area contributed by atoms with E-state index in [-0.39, 0.29) is 35.5 Å². The van der Waals surface area contributed by atoms with Gasteiger partial charge in [-0.2, -0.15) is 0 Å². The number of fused-ring (bicyclic) bond motifs is 4. The van der Waals surface area contributed by atoms with Crippen molar-refractivity contribution in [2.75, 3.05) is 37.7 Å². The molecule has 266 valence electrons. The fourth-order valence-electron chi connectivity index (χ4n) is 8.59. The van der Waals surface area contributed by atoms with E-state index in [9.17, 15) is 18.9 Å². The van der Waals surface area contributed by atoms with Crippen LogP contribution in [-0.4, -0.2) is 75.5 Å². The molecule has 1 spiro atoms. The monoisotopic (exact) mass is 709 g/mol. The van der Waals surface area contributed by atoms with Crippen molar-refractivity contribution in [3.05, 3.63) is 70.3 Å². The Morgan fingerprint density at radius 2 is 1.96 bits per heavy atom. The average molecular weight is 710 g/mol. The Bertz CT molecular complexity index is 1720. The largest absolute Gasteiger partial charge is 0.490 e. The third kappa shape index (κ3) is 7.00. The highest BCUT2D eigenvalue weighted by Crippen LogP contribution is 2.49. The van der Waals surface area contributed by atoms with E-state index in [4.69, 9.17) is 16.3 Å². The van der Waals surface area contributed by atoms with Crippen molar-refractivity contribution in [1.82, 2.24) is 9.62 Å². The van der Waals surface area contributed by atoms with Crippen LogP contribution in [0.5, 0.6) is 5.75 Å². The van der Waals surface area contributed by atoms with E-state index in [1.807, 2.05) is 58.0 Å². The summed E-state index contributed by atoms with van der Waals surface area (Å²) in [6.45, 7) is 10.7. The lowest BCUT2D eigenvalue weighted by molar-refractivity contribution is -0.139. The quantitative estimate of drug-likeness (QED) is 0.291. The van der Waals surface area contributed by atoms with Gasteiger partial charge < -0.3 is 19.6 Å². The van der Waals surface area contributed by atoms with Gasteiger partial charge in [0.2, 0.25) is 5.91 Å². The molecular formula is C39H52ClN3O5S. The molecule has 7 atom stereocenters. The van der Waals surface area contributed by atoms with Crippen LogP contribution in [0.3, 0.4) is 0 Å². The van der Waals surface area contributed by atoms with Gasteiger partial charge in [-0.3, -0.25) is 14.3 Å². The van der Waals surface area contributed by atoms with Gasteiger partial charge in [-0.15, -0.1) is 0 Å². The number of allylic oxidation sites excluding steroid dienone is 1. The molecule has 2 amide bonds. The SMILES string of the molecule is C=S1(=O)NC(=O)c2ccc3c(c2)N(C[C@@H]2CC[C@H]2[C@@](O)(CC(=O)N(CC)CC)/C=C/C[C@H](C)[C@H]1C)C[C@@]1(CCCc2cc(Cl)ccc21)CO3. The fourth-order valence-corrected chi connectivity index (χ4v) is 10.3. The molecule has 0 aromatic heterocycles. The molecule has 2 aliphatic carbocycles. The van der Waals surface area contributed by atoms with Gasteiger partial charge in [0.05, 0.1) is 34.0 Å².